The van der Waals surface area contributed by atoms with Gasteiger partial charge in [-0.1, -0.05) is 6.92 Å². The molecule has 0 bridgehead atoms. The highest BCUT2D eigenvalue weighted by Gasteiger charge is 2.27. The third kappa shape index (κ3) is 5.02. The van der Waals surface area contributed by atoms with E-state index in [0.717, 1.165) is 13.0 Å². The Labute approximate surface area is 124 Å². The highest BCUT2D eigenvalue weighted by Crippen LogP contribution is 2.13. The van der Waals surface area contributed by atoms with Crippen molar-refractivity contribution in [1.82, 2.24) is 20.8 Å². The molecule has 0 fully saturated rings. The monoisotopic (exact) mass is 293 g/mol. The van der Waals surface area contributed by atoms with Gasteiger partial charge in [0.2, 0.25) is 5.91 Å². The van der Waals surface area contributed by atoms with Crippen LogP contribution in [0.25, 0.3) is 0 Å². The fraction of sp³-hybridized carbons (Fsp3) is 0.571. The van der Waals surface area contributed by atoms with Crippen LogP contribution in [0.4, 0.5) is 5.82 Å². The van der Waals surface area contributed by atoms with E-state index in [1.54, 1.807) is 33.0 Å². The normalized spacial score (nSPS) is 10.9. The van der Waals surface area contributed by atoms with E-state index in [2.05, 4.69) is 33.1 Å². The van der Waals surface area contributed by atoms with Crippen molar-refractivity contribution in [3.63, 3.8) is 0 Å². The molecule has 7 heteroatoms. The van der Waals surface area contributed by atoms with E-state index in [4.69, 9.17) is 0 Å². The summed E-state index contributed by atoms with van der Waals surface area (Å²) in [4.78, 5) is 23.6. The average molecular weight is 293 g/mol. The fourth-order valence-corrected chi connectivity index (χ4v) is 1.61. The molecular formula is C14H23N5O2. The van der Waals surface area contributed by atoms with Gasteiger partial charge in [-0.2, -0.15) is 0 Å². The Morgan fingerprint density at radius 3 is 2.48 bits per heavy atom. The SMILES string of the molecule is CCCNc1ccc(C(=O)NCC(C)(C)C(=O)NC)nn1. The van der Waals surface area contributed by atoms with E-state index in [-0.39, 0.29) is 24.1 Å². The Hall–Kier alpha value is -2.18. The standard InChI is InChI=1S/C14H23N5O2/c1-5-8-16-11-7-6-10(18-19-11)12(20)17-9-14(2,3)13(21)15-4/h6-7H,5,8-9H2,1-4H3,(H,15,21)(H,16,19)(H,17,20). The topological polar surface area (TPSA) is 96.0 Å². The van der Waals surface area contributed by atoms with E-state index in [9.17, 15) is 9.59 Å². The Morgan fingerprint density at radius 2 is 1.95 bits per heavy atom. The van der Waals surface area contributed by atoms with E-state index >= 15 is 0 Å². The molecule has 0 unspecified atom stereocenters. The minimum atomic E-state index is -0.680. The fourth-order valence-electron chi connectivity index (χ4n) is 1.61. The van der Waals surface area contributed by atoms with Crippen molar-refractivity contribution >= 4 is 17.6 Å². The quantitative estimate of drug-likeness (QED) is 0.691. The van der Waals surface area contributed by atoms with Crippen molar-refractivity contribution in [1.29, 1.82) is 0 Å². The van der Waals surface area contributed by atoms with E-state index < -0.39 is 5.41 Å². The summed E-state index contributed by atoms with van der Waals surface area (Å²) < 4.78 is 0. The zero-order valence-electron chi connectivity index (χ0n) is 13.0. The van der Waals surface area contributed by atoms with Crippen molar-refractivity contribution < 1.29 is 9.59 Å². The minimum absolute atomic E-state index is 0.131. The van der Waals surface area contributed by atoms with Crippen molar-refractivity contribution in [2.24, 2.45) is 5.41 Å². The summed E-state index contributed by atoms with van der Waals surface area (Å²) in [6, 6.07) is 3.31. The van der Waals surface area contributed by atoms with Gasteiger partial charge in [-0.15, -0.1) is 10.2 Å². The molecule has 21 heavy (non-hydrogen) atoms. The van der Waals surface area contributed by atoms with Crippen LogP contribution in [0, 0.1) is 5.41 Å². The maximum Gasteiger partial charge on any atom is 0.271 e. The van der Waals surface area contributed by atoms with E-state index in [1.165, 1.54) is 0 Å². The number of hydrogen-bond acceptors (Lipinski definition) is 5. The van der Waals surface area contributed by atoms with Gasteiger partial charge < -0.3 is 16.0 Å². The van der Waals surface area contributed by atoms with Gasteiger partial charge in [0.15, 0.2) is 5.69 Å². The van der Waals surface area contributed by atoms with Gasteiger partial charge in [0.25, 0.3) is 5.91 Å². The number of carbonyl (C=O) groups is 2. The lowest BCUT2D eigenvalue weighted by molar-refractivity contribution is -0.128. The highest BCUT2D eigenvalue weighted by atomic mass is 16.2. The first-order valence-corrected chi connectivity index (χ1v) is 6.98. The van der Waals surface area contributed by atoms with Crippen molar-refractivity contribution in [3.05, 3.63) is 17.8 Å². The molecular weight excluding hydrogens is 270 g/mol. The van der Waals surface area contributed by atoms with E-state index in [0.29, 0.717) is 5.82 Å². The third-order valence-electron chi connectivity index (χ3n) is 2.99. The maximum atomic E-state index is 12.0. The first-order valence-electron chi connectivity index (χ1n) is 6.98. The van der Waals surface area contributed by atoms with Crippen LogP contribution in [0.1, 0.15) is 37.7 Å². The molecule has 1 heterocycles. The van der Waals surface area contributed by atoms with Gasteiger partial charge in [-0.05, 0) is 32.4 Å². The molecule has 0 radical (unpaired) electrons. The summed E-state index contributed by atoms with van der Waals surface area (Å²) in [7, 11) is 1.57. The molecule has 0 aliphatic carbocycles. The first-order chi connectivity index (χ1) is 9.90. The van der Waals surface area contributed by atoms with Gasteiger partial charge >= 0.3 is 0 Å². The second kappa shape index (κ2) is 7.56. The van der Waals surface area contributed by atoms with Gasteiger partial charge in [-0.3, -0.25) is 9.59 Å². The number of amides is 2. The number of rotatable bonds is 7. The van der Waals surface area contributed by atoms with Gasteiger partial charge in [-0.25, -0.2) is 0 Å². The van der Waals surface area contributed by atoms with E-state index in [1.807, 2.05) is 0 Å². The number of carbonyl (C=O) groups excluding carboxylic acids is 2. The smallest absolute Gasteiger partial charge is 0.271 e. The Bertz CT molecular complexity index is 485. The summed E-state index contributed by atoms with van der Waals surface area (Å²) in [5.41, 5.74) is -0.453. The van der Waals surface area contributed by atoms with Crippen LogP contribution >= 0.6 is 0 Å². The zero-order chi connectivity index (χ0) is 15.9. The molecule has 1 rings (SSSR count). The molecule has 116 valence electrons. The summed E-state index contributed by atoms with van der Waals surface area (Å²) in [6.07, 6.45) is 0.985. The molecule has 2 amide bonds. The summed E-state index contributed by atoms with van der Waals surface area (Å²) >= 11 is 0. The molecule has 0 spiro atoms. The molecule has 0 saturated heterocycles. The molecule has 3 N–H and O–H groups in total. The molecule has 1 aromatic rings. The maximum absolute atomic E-state index is 12.0. The van der Waals surface area contributed by atoms with Crippen molar-refractivity contribution in [2.75, 3.05) is 25.5 Å². The molecule has 7 nitrogen and oxygen atoms in total. The molecule has 0 aliphatic heterocycles. The average Bonchev–Trinajstić information content (AvgIpc) is 2.50. The van der Waals surface area contributed by atoms with Crippen molar-refractivity contribution in [3.8, 4) is 0 Å². The number of nitrogens with one attached hydrogen (secondary N) is 3. The Morgan fingerprint density at radius 1 is 1.24 bits per heavy atom. The van der Waals surface area contributed by atoms with Crippen LogP contribution in [0.5, 0.6) is 0 Å². The van der Waals surface area contributed by atoms with Crippen LogP contribution in [0.2, 0.25) is 0 Å². The largest absolute Gasteiger partial charge is 0.369 e. The Kier molecular flexibility index (Phi) is 6.08. The summed E-state index contributed by atoms with van der Waals surface area (Å²) in [6.45, 7) is 6.60. The summed E-state index contributed by atoms with van der Waals surface area (Å²) in [5, 5.41) is 16.1. The molecule has 0 aliphatic rings. The van der Waals surface area contributed by atoms with Crippen LogP contribution in [0.3, 0.4) is 0 Å². The molecule has 0 atom stereocenters. The van der Waals surface area contributed by atoms with Crippen LogP contribution < -0.4 is 16.0 Å². The van der Waals surface area contributed by atoms with Gasteiger partial charge in [0.1, 0.15) is 5.82 Å². The predicted octanol–water partition coefficient (Wildman–Crippen LogP) is 0.800. The van der Waals surface area contributed by atoms with Gasteiger partial charge in [0.05, 0.1) is 5.41 Å². The lowest BCUT2D eigenvalue weighted by Crippen LogP contribution is -2.43. The summed E-state index contributed by atoms with van der Waals surface area (Å²) in [5.74, 6) is 0.161. The van der Waals surface area contributed by atoms with Crippen LogP contribution in [-0.2, 0) is 4.79 Å². The zero-order valence-corrected chi connectivity index (χ0v) is 13.0. The minimum Gasteiger partial charge on any atom is -0.369 e. The number of nitrogens with zero attached hydrogens (tertiary/aromatic N) is 2. The molecule has 0 saturated carbocycles. The second-order valence-corrected chi connectivity index (χ2v) is 5.38. The molecule has 0 aromatic carbocycles. The number of hydrogen-bond donors (Lipinski definition) is 3. The highest BCUT2D eigenvalue weighted by molar-refractivity contribution is 5.92. The molecule has 1 aromatic heterocycles. The van der Waals surface area contributed by atoms with Gasteiger partial charge in [0, 0.05) is 20.1 Å². The van der Waals surface area contributed by atoms with Crippen LogP contribution in [-0.4, -0.2) is 42.1 Å². The predicted molar refractivity (Wildman–Crippen MR) is 81.0 cm³/mol. The Balaban J connectivity index is 2.58. The number of aromatic nitrogens is 2. The lowest BCUT2D eigenvalue weighted by Gasteiger charge is -2.22. The second-order valence-electron chi connectivity index (χ2n) is 5.38. The van der Waals surface area contributed by atoms with Crippen LogP contribution in [0.15, 0.2) is 12.1 Å². The number of anilines is 1. The first kappa shape index (κ1) is 16.9. The third-order valence-corrected chi connectivity index (χ3v) is 2.99. The lowest BCUT2D eigenvalue weighted by atomic mass is 9.92. The van der Waals surface area contributed by atoms with Crippen molar-refractivity contribution in [2.45, 2.75) is 27.2 Å².